The lowest BCUT2D eigenvalue weighted by Gasteiger charge is -2.31. The lowest BCUT2D eigenvalue weighted by molar-refractivity contribution is 0.0581. The van der Waals surface area contributed by atoms with Crippen LogP contribution in [0.2, 0.25) is 0 Å². The van der Waals surface area contributed by atoms with E-state index in [1.165, 1.54) is 4.70 Å². The molecule has 1 aromatic carbocycles. The van der Waals surface area contributed by atoms with E-state index in [1.807, 2.05) is 18.2 Å². The number of aromatic nitrogens is 1. The van der Waals surface area contributed by atoms with E-state index in [4.69, 9.17) is 0 Å². The van der Waals surface area contributed by atoms with Gasteiger partial charge in [-0.25, -0.2) is 4.98 Å². The number of thiazole rings is 1. The molecule has 2 aromatic rings. The largest absolute Gasteiger partial charge is 0.391 e. The maximum Gasteiger partial charge on any atom is 0.0965 e. The van der Waals surface area contributed by atoms with Gasteiger partial charge < -0.3 is 10.0 Å². The van der Waals surface area contributed by atoms with Gasteiger partial charge in [-0.3, -0.25) is 4.90 Å². The number of aliphatic hydroxyl groups excluding tert-OH is 1. The predicted molar refractivity (Wildman–Crippen MR) is 87.9 cm³/mol. The zero-order valence-corrected chi connectivity index (χ0v) is 13.5. The first-order valence-electron chi connectivity index (χ1n) is 7.55. The number of nitrogens with zero attached hydrogens (tertiary/aromatic N) is 3. The molecule has 0 spiro atoms. The molecule has 1 saturated heterocycles. The number of para-hydroxylation sites is 1. The van der Waals surface area contributed by atoms with Gasteiger partial charge in [-0.05, 0) is 45.7 Å². The second kappa shape index (κ2) is 6.40. The van der Waals surface area contributed by atoms with Crippen molar-refractivity contribution in [2.45, 2.75) is 25.0 Å². The summed E-state index contributed by atoms with van der Waals surface area (Å²) in [4.78, 5) is 9.25. The van der Waals surface area contributed by atoms with Crippen molar-refractivity contribution in [3.8, 4) is 0 Å². The lowest BCUT2D eigenvalue weighted by atomic mass is 10.1. The first-order chi connectivity index (χ1) is 10.1. The molecule has 2 unspecified atom stereocenters. The number of likely N-dealkylation sites (N-methyl/N-ethyl adjacent to an activating group) is 2. The highest BCUT2D eigenvalue weighted by Crippen LogP contribution is 2.24. The van der Waals surface area contributed by atoms with Crippen molar-refractivity contribution in [3.05, 3.63) is 29.3 Å². The summed E-state index contributed by atoms with van der Waals surface area (Å²) in [5.41, 5.74) is 1.04. The topological polar surface area (TPSA) is 39.6 Å². The van der Waals surface area contributed by atoms with E-state index in [0.717, 1.165) is 36.6 Å². The molecule has 114 valence electrons. The van der Waals surface area contributed by atoms with Crippen LogP contribution in [0, 0.1) is 0 Å². The van der Waals surface area contributed by atoms with Crippen molar-refractivity contribution in [2.75, 3.05) is 33.7 Å². The fourth-order valence-electron chi connectivity index (χ4n) is 3.04. The smallest absolute Gasteiger partial charge is 0.0965 e. The molecule has 1 aromatic heterocycles. The van der Waals surface area contributed by atoms with Crippen molar-refractivity contribution in [3.63, 3.8) is 0 Å². The van der Waals surface area contributed by atoms with Gasteiger partial charge in [0, 0.05) is 19.0 Å². The van der Waals surface area contributed by atoms with Gasteiger partial charge in [-0.15, -0.1) is 11.3 Å². The van der Waals surface area contributed by atoms with Crippen LogP contribution in [0.3, 0.4) is 0 Å². The highest BCUT2D eigenvalue weighted by molar-refractivity contribution is 7.18. The van der Waals surface area contributed by atoms with Gasteiger partial charge >= 0.3 is 0 Å². The van der Waals surface area contributed by atoms with Crippen LogP contribution in [-0.2, 0) is 6.42 Å². The Bertz CT molecular complexity index is 567. The minimum Gasteiger partial charge on any atom is -0.391 e. The van der Waals surface area contributed by atoms with Crippen LogP contribution >= 0.6 is 11.3 Å². The molecule has 2 atom stereocenters. The second-order valence-corrected chi connectivity index (χ2v) is 7.13. The molecular formula is C16H23N3OS. The lowest BCUT2D eigenvalue weighted by Crippen LogP contribution is -2.46. The van der Waals surface area contributed by atoms with E-state index in [-0.39, 0.29) is 12.1 Å². The van der Waals surface area contributed by atoms with Gasteiger partial charge in [-0.2, -0.15) is 0 Å². The van der Waals surface area contributed by atoms with E-state index in [0.29, 0.717) is 6.42 Å². The first kappa shape index (κ1) is 14.9. The minimum atomic E-state index is -0.365. The Morgan fingerprint density at radius 2 is 2.14 bits per heavy atom. The number of fused-ring (bicyclic) bond motifs is 1. The van der Waals surface area contributed by atoms with Crippen LogP contribution in [0.1, 0.15) is 11.4 Å². The van der Waals surface area contributed by atoms with E-state index in [2.05, 4.69) is 34.9 Å². The SMILES string of the molecule is CN1CCCN(C)C(C(O)Cc2nc3ccccc3s2)C1. The average Bonchev–Trinajstić information content (AvgIpc) is 2.78. The number of aliphatic hydroxyl groups is 1. The third-order valence-electron chi connectivity index (χ3n) is 4.28. The zero-order valence-electron chi connectivity index (χ0n) is 12.7. The molecular weight excluding hydrogens is 282 g/mol. The highest BCUT2D eigenvalue weighted by atomic mass is 32.1. The number of benzene rings is 1. The van der Waals surface area contributed by atoms with Gasteiger partial charge in [0.1, 0.15) is 0 Å². The van der Waals surface area contributed by atoms with Crippen LogP contribution in [0.15, 0.2) is 24.3 Å². The summed E-state index contributed by atoms with van der Waals surface area (Å²) in [5.74, 6) is 0. The van der Waals surface area contributed by atoms with Gasteiger partial charge in [0.25, 0.3) is 0 Å². The van der Waals surface area contributed by atoms with Gasteiger partial charge in [-0.1, -0.05) is 12.1 Å². The zero-order chi connectivity index (χ0) is 14.8. The fraction of sp³-hybridized carbons (Fsp3) is 0.562. The fourth-order valence-corrected chi connectivity index (χ4v) is 4.06. The molecule has 0 bridgehead atoms. The number of hydrogen-bond acceptors (Lipinski definition) is 5. The average molecular weight is 305 g/mol. The van der Waals surface area contributed by atoms with Crippen LogP contribution in [-0.4, -0.2) is 65.8 Å². The Balaban J connectivity index is 1.73. The van der Waals surface area contributed by atoms with Crippen molar-refractivity contribution in [1.82, 2.24) is 14.8 Å². The normalized spacial score (nSPS) is 23.3. The summed E-state index contributed by atoms with van der Waals surface area (Å²) in [6, 6.07) is 8.36. The Morgan fingerprint density at radius 3 is 2.95 bits per heavy atom. The molecule has 4 nitrogen and oxygen atoms in total. The van der Waals surface area contributed by atoms with E-state index >= 15 is 0 Å². The third-order valence-corrected chi connectivity index (χ3v) is 5.34. The van der Waals surface area contributed by atoms with Crippen molar-refractivity contribution in [2.24, 2.45) is 0 Å². The molecule has 0 radical (unpaired) electrons. The van der Waals surface area contributed by atoms with Crippen LogP contribution in [0.25, 0.3) is 10.2 Å². The summed E-state index contributed by atoms with van der Waals surface area (Å²) in [6.45, 7) is 3.07. The molecule has 1 fully saturated rings. The Morgan fingerprint density at radius 1 is 1.33 bits per heavy atom. The maximum absolute atomic E-state index is 10.7. The van der Waals surface area contributed by atoms with Crippen molar-refractivity contribution in [1.29, 1.82) is 0 Å². The standard InChI is InChI=1S/C16H23N3OS/c1-18-8-5-9-19(2)13(11-18)14(20)10-16-17-12-6-3-4-7-15(12)21-16/h3-4,6-7,13-14,20H,5,8-11H2,1-2H3. The number of hydrogen-bond donors (Lipinski definition) is 1. The molecule has 1 N–H and O–H groups in total. The summed E-state index contributed by atoms with van der Waals surface area (Å²) in [5, 5.41) is 11.7. The molecule has 1 aliphatic heterocycles. The molecule has 2 heterocycles. The van der Waals surface area contributed by atoms with E-state index < -0.39 is 0 Å². The molecule has 3 rings (SSSR count). The maximum atomic E-state index is 10.7. The molecule has 21 heavy (non-hydrogen) atoms. The molecule has 0 amide bonds. The molecule has 0 saturated carbocycles. The Hall–Kier alpha value is -1.01. The van der Waals surface area contributed by atoms with Gasteiger partial charge in [0.2, 0.25) is 0 Å². The van der Waals surface area contributed by atoms with Gasteiger partial charge in [0.05, 0.1) is 21.3 Å². The minimum absolute atomic E-state index is 0.185. The predicted octanol–water partition coefficient (Wildman–Crippen LogP) is 1.84. The highest BCUT2D eigenvalue weighted by Gasteiger charge is 2.27. The summed E-state index contributed by atoms with van der Waals surface area (Å²) in [6.07, 6.45) is 1.44. The molecule has 5 heteroatoms. The quantitative estimate of drug-likeness (QED) is 0.939. The molecule has 1 aliphatic rings. The summed E-state index contributed by atoms with van der Waals surface area (Å²) < 4.78 is 1.20. The van der Waals surface area contributed by atoms with Crippen molar-refractivity contribution >= 4 is 21.6 Å². The Kier molecular flexibility index (Phi) is 4.54. The second-order valence-electron chi connectivity index (χ2n) is 6.01. The van der Waals surface area contributed by atoms with E-state index in [9.17, 15) is 5.11 Å². The third kappa shape index (κ3) is 3.43. The first-order valence-corrected chi connectivity index (χ1v) is 8.36. The monoisotopic (exact) mass is 305 g/mol. The van der Waals surface area contributed by atoms with Crippen molar-refractivity contribution < 1.29 is 5.11 Å². The summed E-state index contributed by atoms with van der Waals surface area (Å²) >= 11 is 1.69. The Labute approximate surface area is 130 Å². The summed E-state index contributed by atoms with van der Waals surface area (Å²) in [7, 11) is 4.25. The van der Waals surface area contributed by atoms with Crippen LogP contribution in [0.4, 0.5) is 0 Å². The van der Waals surface area contributed by atoms with Crippen LogP contribution < -0.4 is 0 Å². The van der Waals surface area contributed by atoms with E-state index in [1.54, 1.807) is 11.3 Å². The number of rotatable bonds is 3. The van der Waals surface area contributed by atoms with Gasteiger partial charge in [0.15, 0.2) is 0 Å². The molecule has 0 aliphatic carbocycles. The van der Waals surface area contributed by atoms with Crippen LogP contribution in [0.5, 0.6) is 0 Å².